The topological polar surface area (TPSA) is 85.2 Å². The van der Waals surface area contributed by atoms with Crippen molar-refractivity contribution in [1.82, 2.24) is 4.98 Å². The number of aromatic nitrogens is 1. The summed E-state index contributed by atoms with van der Waals surface area (Å²) >= 11 is 3.30. The molecule has 0 bridgehead atoms. The molecule has 0 aromatic carbocycles. The number of carbonyl (C=O) groups is 1. The molecule has 1 heterocycles. The fourth-order valence-corrected chi connectivity index (χ4v) is 1.81. The van der Waals surface area contributed by atoms with Crippen LogP contribution in [0.2, 0.25) is 0 Å². The van der Waals surface area contributed by atoms with Crippen LogP contribution in [0.5, 0.6) is 0 Å². The van der Waals surface area contributed by atoms with E-state index in [1.165, 1.54) is 6.20 Å². The molecule has 4 N–H and O–H groups in total. The van der Waals surface area contributed by atoms with Gasteiger partial charge in [-0.1, -0.05) is 0 Å². The Morgan fingerprint density at radius 1 is 1.64 bits per heavy atom. The van der Waals surface area contributed by atoms with Gasteiger partial charge in [-0.2, -0.15) is 0 Å². The molecule has 0 unspecified atom stereocenters. The SMILES string of the molecule is CN(CC(N)=O)c1c(N)cncc1Br. The zero-order valence-electron chi connectivity index (χ0n) is 7.70. The summed E-state index contributed by atoms with van der Waals surface area (Å²) < 4.78 is 0.737. The van der Waals surface area contributed by atoms with E-state index in [2.05, 4.69) is 20.9 Å². The third kappa shape index (κ3) is 2.35. The molecule has 14 heavy (non-hydrogen) atoms. The lowest BCUT2D eigenvalue weighted by atomic mass is 10.3. The molecule has 5 nitrogen and oxygen atoms in total. The van der Waals surface area contributed by atoms with Crippen molar-refractivity contribution in [2.24, 2.45) is 5.73 Å². The summed E-state index contributed by atoms with van der Waals surface area (Å²) in [6.45, 7) is 0.118. The lowest BCUT2D eigenvalue weighted by Gasteiger charge is -2.20. The third-order valence-electron chi connectivity index (χ3n) is 1.68. The number of hydrogen-bond acceptors (Lipinski definition) is 4. The predicted molar refractivity (Wildman–Crippen MR) is 58.8 cm³/mol. The summed E-state index contributed by atoms with van der Waals surface area (Å²) in [4.78, 5) is 16.3. The van der Waals surface area contributed by atoms with Crippen molar-refractivity contribution < 1.29 is 4.79 Å². The molecule has 1 amide bonds. The number of hydrogen-bond donors (Lipinski definition) is 2. The third-order valence-corrected chi connectivity index (χ3v) is 2.26. The summed E-state index contributed by atoms with van der Waals surface area (Å²) in [5.41, 5.74) is 12.0. The summed E-state index contributed by atoms with van der Waals surface area (Å²) in [7, 11) is 1.74. The Morgan fingerprint density at radius 3 is 2.79 bits per heavy atom. The van der Waals surface area contributed by atoms with Gasteiger partial charge in [-0.05, 0) is 15.9 Å². The Bertz CT molecular complexity index is 335. The molecule has 0 aliphatic carbocycles. The van der Waals surface area contributed by atoms with Crippen molar-refractivity contribution >= 4 is 33.2 Å². The molecule has 0 aliphatic rings. The molecule has 0 radical (unpaired) electrons. The molecule has 0 aliphatic heterocycles. The summed E-state index contributed by atoms with van der Waals surface area (Å²) in [6, 6.07) is 0. The summed E-state index contributed by atoms with van der Waals surface area (Å²) in [6.07, 6.45) is 3.14. The smallest absolute Gasteiger partial charge is 0.236 e. The number of nitrogen functional groups attached to an aromatic ring is 1. The van der Waals surface area contributed by atoms with Gasteiger partial charge in [0, 0.05) is 13.2 Å². The van der Waals surface area contributed by atoms with E-state index in [4.69, 9.17) is 11.5 Å². The Hall–Kier alpha value is -1.30. The first-order chi connectivity index (χ1) is 6.52. The Morgan fingerprint density at radius 2 is 2.29 bits per heavy atom. The highest BCUT2D eigenvalue weighted by Gasteiger charge is 2.11. The van der Waals surface area contributed by atoms with Crippen LogP contribution in [-0.4, -0.2) is 24.5 Å². The fraction of sp³-hybridized carbons (Fsp3) is 0.250. The highest BCUT2D eigenvalue weighted by atomic mass is 79.9. The van der Waals surface area contributed by atoms with Crippen molar-refractivity contribution in [2.45, 2.75) is 0 Å². The molecule has 6 heteroatoms. The second kappa shape index (κ2) is 4.28. The highest BCUT2D eigenvalue weighted by molar-refractivity contribution is 9.10. The van der Waals surface area contributed by atoms with Gasteiger partial charge in [-0.3, -0.25) is 9.78 Å². The molecule has 1 rings (SSSR count). The zero-order chi connectivity index (χ0) is 10.7. The lowest BCUT2D eigenvalue weighted by Crippen LogP contribution is -2.31. The van der Waals surface area contributed by atoms with E-state index in [9.17, 15) is 4.79 Å². The van der Waals surface area contributed by atoms with Gasteiger partial charge in [-0.25, -0.2) is 0 Å². The van der Waals surface area contributed by atoms with Crippen LogP contribution in [0.15, 0.2) is 16.9 Å². The van der Waals surface area contributed by atoms with Gasteiger partial charge < -0.3 is 16.4 Å². The Labute approximate surface area is 90.2 Å². The average Bonchev–Trinajstić information content (AvgIpc) is 2.01. The predicted octanol–water partition coefficient (Wildman–Crippen LogP) is 0.348. The molecule has 1 aromatic rings. The normalized spacial score (nSPS) is 9.86. The van der Waals surface area contributed by atoms with Crippen molar-refractivity contribution in [1.29, 1.82) is 0 Å². The van der Waals surface area contributed by atoms with E-state index in [1.54, 1.807) is 18.1 Å². The molecule has 76 valence electrons. The number of carbonyl (C=O) groups excluding carboxylic acids is 1. The van der Waals surface area contributed by atoms with E-state index in [0.29, 0.717) is 5.69 Å². The van der Waals surface area contributed by atoms with Crippen molar-refractivity contribution in [3.63, 3.8) is 0 Å². The van der Waals surface area contributed by atoms with E-state index in [0.717, 1.165) is 10.2 Å². The van der Waals surface area contributed by atoms with Crippen LogP contribution in [0.1, 0.15) is 0 Å². The number of rotatable bonds is 3. The van der Waals surface area contributed by atoms with Gasteiger partial charge in [0.15, 0.2) is 0 Å². The number of nitrogens with two attached hydrogens (primary N) is 2. The maximum atomic E-state index is 10.7. The van der Waals surface area contributed by atoms with E-state index in [1.807, 2.05) is 0 Å². The number of pyridine rings is 1. The van der Waals surface area contributed by atoms with Crippen LogP contribution in [0.4, 0.5) is 11.4 Å². The standard InChI is InChI=1S/C8H11BrN4O/c1-13(4-7(11)14)8-5(9)2-12-3-6(8)10/h2-3H,4,10H2,1H3,(H2,11,14). The minimum atomic E-state index is -0.407. The zero-order valence-corrected chi connectivity index (χ0v) is 9.28. The Balaban J connectivity index is 2.99. The van der Waals surface area contributed by atoms with Crippen LogP contribution >= 0.6 is 15.9 Å². The van der Waals surface area contributed by atoms with Gasteiger partial charge in [0.1, 0.15) is 0 Å². The fourth-order valence-electron chi connectivity index (χ4n) is 1.16. The molecule has 0 spiro atoms. The number of primary amides is 1. The maximum Gasteiger partial charge on any atom is 0.236 e. The summed E-state index contributed by atoms with van der Waals surface area (Å²) in [5, 5.41) is 0. The molecule has 0 atom stereocenters. The van der Waals surface area contributed by atoms with E-state index in [-0.39, 0.29) is 6.54 Å². The van der Waals surface area contributed by atoms with Crippen LogP contribution < -0.4 is 16.4 Å². The first kappa shape index (κ1) is 10.8. The maximum absolute atomic E-state index is 10.7. The van der Waals surface area contributed by atoms with Gasteiger partial charge >= 0.3 is 0 Å². The van der Waals surface area contributed by atoms with Crippen molar-refractivity contribution in [2.75, 3.05) is 24.2 Å². The molecule has 1 aromatic heterocycles. The van der Waals surface area contributed by atoms with Gasteiger partial charge in [0.05, 0.1) is 28.6 Å². The minimum Gasteiger partial charge on any atom is -0.396 e. The quantitative estimate of drug-likeness (QED) is 0.820. The molecule has 0 saturated carbocycles. The Kier molecular flexibility index (Phi) is 3.29. The van der Waals surface area contributed by atoms with Crippen molar-refractivity contribution in [3.8, 4) is 0 Å². The summed E-state index contributed by atoms with van der Waals surface area (Å²) in [5.74, 6) is -0.407. The highest BCUT2D eigenvalue weighted by Crippen LogP contribution is 2.29. The van der Waals surface area contributed by atoms with Crippen LogP contribution in [0, 0.1) is 0 Å². The van der Waals surface area contributed by atoms with Gasteiger partial charge in [-0.15, -0.1) is 0 Å². The molecular formula is C8H11BrN4O. The molecule has 0 saturated heterocycles. The van der Waals surface area contributed by atoms with Gasteiger partial charge in [0.25, 0.3) is 0 Å². The van der Waals surface area contributed by atoms with Crippen LogP contribution in [0.3, 0.4) is 0 Å². The van der Waals surface area contributed by atoms with E-state index < -0.39 is 5.91 Å². The largest absolute Gasteiger partial charge is 0.396 e. The second-order valence-corrected chi connectivity index (χ2v) is 3.74. The monoisotopic (exact) mass is 258 g/mol. The minimum absolute atomic E-state index is 0.118. The van der Waals surface area contributed by atoms with Crippen molar-refractivity contribution in [3.05, 3.63) is 16.9 Å². The number of anilines is 2. The number of likely N-dealkylation sites (N-methyl/N-ethyl adjacent to an activating group) is 1. The van der Waals surface area contributed by atoms with E-state index >= 15 is 0 Å². The lowest BCUT2D eigenvalue weighted by molar-refractivity contribution is -0.116. The molecular weight excluding hydrogens is 248 g/mol. The number of nitrogens with zero attached hydrogens (tertiary/aromatic N) is 2. The second-order valence-electron chi connectivity index (χ2n) is 2.88. The van der Waals surface area contributed by atoms with Gasteiger partial charge in [0.2, 0.25) is 5.91 Å². The number of halogens is 1. The first-order valence-corrected chi connectivity index (χ1v) is 4.70. The number of amides is 1. The average molecular weight is 259 g/mol. The first-order valence-electron chi connectivity index (χ1n) is 3.90. The van der Waals surface area contributed by atoms with Crippen LogP contribution in [0.25, 0.3) is 0 Å². The molecule has 0 fully saturated rings. The van der Waals surface area contributed by atoms with Crippen LogP contribution in [-0.2, 0) is 4.79 Å².